The van der Waals surface area contributed by atoms with Crippen molar-refractivity contribution in [1.82, 2.24) is 9.80 Å². The maximum absolute atomic E-state index is 13.6. The molecule has 2 aromatic carbocycles. The van der Waals surface area contributed by atoms with Gasteiger partial charge in [0.1, 0.15) is 23.3 Å². The van der Waals surface area contributed by atoms with Crippen molar-refractivity contribution in [3.05, 3.63) is 83.4 Å². The number of cyclic esters (lactones) is 1. The Hall–Kier alpha value is -3.83. The van der Waals surface area contributed by atoms with Crippen molar-refractivity contribution in [1.29, 1.82) is 0 Å². The Morgan fingerprint density at radius 1 is 0.951 bits per heavy atom. The Labute approximate surface area is 237 Å². The average molecular weight is 575 g/mol. The molecule has 0 aromatic heterocycles. The molecule has 2 aromatic rings. The van der Waals surface area contributed by atoms with E-state index in [2.05, 4.69) is 4.90 Å². The first-order chi connectivity index (χ1) is 19.4. The molecular weight excluding hydrogens is 538 g/mol. The summed E-state index contributed by atoms with van der Waals surface area (Å²) in [5.41, 5.74) is -0.104. The van der Waals surface area contributed by atoms with Gasteiger partial charge in [-0.1, -0.05) is 24.3 Å². The molecule has 2 aliphatic rings. The maximum atomic E-state index is 13.6. The first-order valence-corrected chi connectivity index (χ1v) is 13.5. The second kappa shape index (κ2) is 14.2. The second-order valence-corrected chi connectivity index (χ2v) is 10.4. The van der Waals surface area contributed by atoms with Crippen molar-refractivity contribution in [2.45, 2.75) is 50.9 Å². The summed E-state index contributed by atoms with van der Waals surface area (Å²) < 4.78 is 32.6. The van der Waals surface area contributed by atoms with Gasteiger partial charge in [-0.25, -0.2) is 23.2 Å². The summed E-state index contributed by atoms with van der Waals surface area (Å²) in [7, 11) is 0. The summed E-state index contributed by atoms with van der Waals surface area (Å²) in [5, 5.41) is 27.6. The molecule has 2 aliphatic heterocycles. The first-order valence-electron chi connectivity index (χ1n) is 13.5. The fourth-order valence-electron chi connectivity index (χ4n) is 5.20. The number of aliphatic carboxylic acids is 2. The third-order valence-corrected chi connectivity index (χ3v) is 7.41. The van der Waals surface area contributed by atoms with E-state index in [1.54, 1.807) is 29.2 Å². The Morgan fingerprint density at radius 2 is 1.41 bits per heavy atom. The van der Waals surface area contributed by atoms with Crippen molar-refractivity contribution in [3.63, 3.8) is 0 Å². The highest BCUT2D eigenvalue weighted by Gasteiger charge is 2.42. The van der Waals surface area contributed by atoms with E-state index in [1.807, 2.05) is 13.8 Å². The summed E-state index contributed by atoms with van der Waals surface area (Å²) in [6.07, 6.45) is 3.05. The molecule has 2 heterocycles. The SMILES string of the molecule is CC(C)N1CC(CCN2CCC(C(O)(c3ccc(F)cc3)c3ccc(F)cc3)CC2)OC1=O.O=C(O)C=CC(=O)O. The number of piperidine rings is 1. The maximum Gasteiger partial charge on any atom is 0.410 e. The summed E-state index contributed by atoms with van der Waals surface area (Å²) in [5.74, 6) is -3.33. The van der Waals surface area contributed by atoms with Crippen LogP contribution in [-0.2, 0) is 19.9 Å². The molecule has 2 fully saturated rings. The normalized spacial score (nSPS) is 18.3. The number of halogens is 2. The van der Waals surface area contributed by atoms with Crippen LogP contribution in [0, 0.1) is 17.6 Å². The third kappa shape index (κ3) is 8.58. The van der Waals surface area contributed by atoms with Crippen LogP contribution >= 0.6 is 0 Å². The van der Waals surface area contributed by atoms with Crippen LogP contribution in [-0.4, -0.2) is 81.5 Å². The lowest BCUT2D eigenvalue weighted by molar-refractivity contribution is -0.134. The highest BCUT2D eigenvalue weighted by Crippen LogP contribution is 2.42. The van der Waals surface area contributed by atoms with Gasteiger partial charge in [0.25, 0.3) is 0 Å². The topological polar surface area (TPSA) is 128 Å². The molecule has 41 heavy (non-hydrogen) atoms. The third-order valence-electron chi connectivity index (χ3n) is 7.41. The fourth-order valence-corrected chi connectivity index (χ4v) is 5.20. The van der Waals surface area contributed by atoms with Crippen LogP contribution in [0.15, 0.2) is 60.7 Å². The number of ether oxygens (including phenoxy) is 1. The number of nitrogens with zero attached hydrogens (tertiary/aromatic N) is 2. The highest BCUT2D eigenvalue weighted by molar-refractivity contribution is 5.89. The number of hydrogen-bond donors (Lipinski definition) is 3. The zero-order valence-corrected chi connectivity index (χ0v) is 23.1. The Kier molecular flexibility index (Phi) is 11.0. The van der Waals surface area contributed by atoms with E-state index >= 15 is 0 Å². The first kappa shape index (κ1) is 31.7. The number of likely N-dealkylation sites (tertiary alicyclic amines) is 1. The number of benzene rings is 2. The van der Waals surface area contributed by atoms with Crippen LogP contribution in [0.4, 0.5) is 13.6 Å². The summed E-state index contributed by atoms with van der Waals surface area (Å²) in [6.45, 7) is 7.01. The van der Waals surface area contributed by atoms with Gasteiger partial charge in [-0.05, 0) is 87.5 Å². The van der Waals surface area contributed by atoms with Gasteiger partial charge in [0.05, 0.1) is 6.54 Å². The van der Waals surface area contributed by atoms with Crippen molar-refractivity contribution in [3.8, 4) is 0 Å². The van der Waals surface area contributed by atoms with E-state index < -0.39 is 17.5 Å². The highest BCUT2D eigenvalue weighted by atomic mass is 19.1. The molecule has 0 aliphatic carbocycles. The van der Waals surface area contributed by atoms with Crippen LogP contribution < -0.4 is 0 Å². The van der Waals surface area contributed by atoms with E-state index in [9.17, 15) is 28.3 Å². The molecule has 0 bridgehead atoms. The Morgan fingerprint density at radius 3 is 1.80 bits per heavy atom. The molecule has 9 nitrogen and oxygen atoms in total. The Bertz CT molecular complexity index is 1150. The largest absolute Gasteiger partial charge is 0.478 e. The molecule has 4 rings (SSSR count). The molecule has 2 saturated heterocycles. The molecule has 1 unspecified atom stereocenters. The zero-order chi connectivity index (χ0) is 30.2. The van der Waals surface area contributed by atoms with E-state index in [0.717, 1.165) is 38.9 Å². The molecule has 1 atom stereocenters. The Balaban J connectivity index is 0.000000507. The summed E-state index contributed by atoms with van der Waals surface area (Å²) in [4.78, 5) is 35.1. The number of carboxylic acids is 2. The van der Waals surface area contributed by atoms with Crippen molar-refractivity contribution >= 4 is 18.0 Å². The van der Waals surface area contributed by atoms with Crippen LogP contribution in [0.3, 0.4) is 0 Å². The smallest absolute Gasteiger partial charge is 0.410 e. The zero-order valence-electron chi connectivity index (χ0n) is 23.1. The van der Waals surface area contributed by atoms with Gasteiger partial charge >= 0.3 is 18.0 Å². The minimum Gasteiger partial charge on any atom is -0.478 e. The van der Waals surface area contributed by atoms with Crippen molar-refractivity contribution in [2.75, 3.05) is 26.2 Å². The van der Waals surface area contributed by atoms with E-state index in [-0.39, 0.29) is 35.8 Å². The fraction of sp³-hybridized carbons (Fsp3) is 0.433. The summed E-state index contributed by atoms with van der Waals surface area (Å²) in [6, 6.07) is 12.0. The van der Waals surface area contributed by atoms with Crippen molar-refractivity contribution < 1.29 is 43.2 Å². The monoisotopic (exact) mass is 574 g/mol. The molecule has 1 amide bonds. The van der Waals surface area contributed by atoms with Gasteiger partial charge in [-0.15, -0.1) is 0 Å². The minimum atomic E-state index is -1.33. The van der Waals surface area contributed by atoms with Gasteiger partial charge in [0.2, 0.25) is 0 Å². The summed E-state index contributed by atoms with van der Waals surface area (Å²) >= 11 is 0. The number of carbonyl (C=O) groups excluding carboxylic acids is 1. The van der Waals surface area contributed by atoms with Gasteiger partial charge in [-0.3, -0.25) is 0 Å². The second-order valence-electron chi connectivity index (χ2n) is 10.4. The number of amides is 1. The standard InChI is InChI=1S/C26H32F2N2O3.C4H4O4/c1-18(2)30-17-24(33-25(30)31)13-16-29-14-11-21(12-15-29)26(32,19-3-7-22(27)8-4-19)20-5-9-23(28)10-6-20;5-3(6)1-2-4(7)8/h3-10,18,21,24,32H,11-17H2,1-2H3;1-2H,(H,5,6)(H,7,8). The molecule has 222 valence electrons. The molecule has 0 saturated carbocycles. The minimum absolute atomic E-state index is 0.0898. The van der Waals surface area contributed by atoms with Gasteiger partial charge in [-0.2, -0.15) is 0 Å². The lowest BCUT2D eigenvalue weighted by Crippen LogP contribution is -2.45. The quantitative estimate of drug-likeness (QED) is 0.380. The molecule has 0 radical (unpaired) electrons. The number of carboxylic acid groups (broad SMARTS) is 2. The predicted molar refractivity (Wildman–Crippen MR) is 146 cm³/mol. The van der Waals surface area contributed by atoms with Crippen LogP contribution in [0.2, 0.25) is 0 Å². The lowest BCUT2D eigenvalue weighted by atomic mass is 9.72. The van der Waals surface area contributed by atoms with E-state index in [4.69, 9.17) is 14.9 Å². The number of rotatable bonds is 9. The van der Waals surface area contributed by atoms with Gasteiger partial charge < -0.3 is 29.9 Å². The van der Waals surface area contributed by atoms with Gasteiger partial charge in [0, 0.05) is 24.7 Å². The number of aliphatic hydroxyl groups is 1. The van der Waals surface area contributed by atoms with E-state index in [1.165, 1.54) is 24.3 Å². The number of hydrogen-bond acceptors (Lipinski definition) is 6. The number of carbonyl (C=O) groups is 3. The van der Waals surface area contributed by atoms with Crippen molar-refractivity contribution in [2.24, 2.45) is 5.92 Å². The van der Waals surface area contributed by atoms with Gasteiger partial charge in [0.15, 0.2) is 0 Å². The molecule has 3 N–H and O–H groups in total. The molecular formula is C30H36F2N2O7. The average Bonchev–Trinajstić information content (AvgIpc) is 3.32. The van der Waals surface area contributed by atoms with E-state index in [0.29, 0.717) is 29.8 Å². The molecule has 11 heteroatoms. The molecule has 0 spiro atoms. The van der Waals surface area contributed by atoms with Crippen LogP contribution in [0.25, 0.3) is 0 Å². The predicted octanol–water partition coefficient (Wildman–Crippen LogP) is 4.24. The lowest BCUT2D eigenvalue weighted by Gasteiger charge is -2.42. The van der Waals surface area contributed by atoms with Crippen LogP contribution in [0.5, 0.6) is 0 Å². The van der Waals surface area contributed by atoms with Crippen LogP contribution in [0.1, 0.15) is 44.2 Å².